The number of carbonyl (C=O) groups is 5. The Labute approximate surface area is 201 Å². The van der Waals surface area contributed by atoms with Crippen LogP contribution in [0.2, 0.25) is 0 Å². The van der Waals surface area contributed by atoms with E-state index in [9.17, 15) is 14.4 Å². The van der Waals surface area contributed by atoms with Crippen LogP contribution in [0, 0.1) is 0 Å². The summed E-state index contributed by atoms with van der Waals surface area (Å²) in [6.45, 7) is 3.90. The van der Waals surface area contributed by atoms with E-state index >= 15 is 0 Å². The molecule has 0 atom stereocenters. The number of piperidine rings is 1. The van der Waals surface area contributed by atoms with Gasteiger partial charge >= 0.3 is 17.9 Å². The molecule has 0 aromatic heterocycles. The second-order valence-electron chi connectivity index (χ2n) is 8.12. The standard InChI is InChI=1S/C23H24N2O4.C2H2O4/c1-2-29-22(28)23(25-20(26)18-10-6-7-11-19(18)21(25)27)12-14-24(15-13-23)16-17-8-4-3-5-9-17;3-1(4)2(5)6/h3-11H,2,12-16H2,1H3;(H,3,4)(H,5,6). The van der Waals surface area contributed by atoms with Gasteiger partial charge in [-0.05, 0) is 37.5 Å². The summed E-state index contributed by atoms with van der Waals surface area (Å²) in [5.74, 6) is -4.95. The number of fused-ring (bicyclic) bond motifs is 1. The highest BCUT2D eigenvalue weighted by Gasteiger charge is 2.55. The third kappa shape index (κ3) is 5.38. The zero-order valence-corrected chi connectivity index (χ0v) is 19.2. The van der Waals surface area contributed by atoms with Crippen LogP contribution in [-0.4, -0.2) is 75.0 Å². The molecule has 2 aliphatic heterocycles. The number of carboxylic acids is 2. The van der Waals surface area contributed by atoms with E-state index in [2.05, 4.69) is 17.0 Å². The lowest BCUT2D eigenvalue weighted by Crippen LogP contribution is -2.62. The quantitative estimate of drug-likeness (QED) is 0.372. The summed E-state index contributed by atoms with van der Waals surface area (Å²) in [7, 11) is 0. The van der Waals surface area contributed by atoms with Gasteiger partial charge in [0.2, 0.25) is 0 Å². The van der Waals surface area contributed by atoms with Crippen molar-refractivity contribution in [1.29, 1.82) is 0 Å². The summed E-state index contributed by atoms with van der Waals surface area (Å²) in [5.41, 5.74) is 0.647. The Hall–Kier alpha value is -4.05. The molecule has 10 nitrogen and oxygen atoms in total. The largest absolute Gasteiger partial charge is 0.473 e. The first kappa shape index (κ1) is 25.6. The SMILES string of the molecule is CCOC(=O)C1(N2C(=O)c3ccccc3C2=O)CCN(Cc2ccccc2)CC1.O=C(O)C(=O)O. The highest BCUT2D eigenvalue weighted by molar-refractivity contribution is 6.27. The van der Waals surface area contributed by atoms with Crippen molar-refractivity contribution >= 4 is 29.7 Å². The van der Waals surface area contributed by atoms with Gasteiger partial charge in [0.15, 0.2) is 5.54 Å². The fourth-order valence-corrected chi connectivity index (χ4v) is 4.29. The van der Waals surface area contributed by atoms with Gasteiger partial charge in [-0.1, -0.05) is 42.5 Å². The number of benzene rings is 2. The fourth-order valence-electron chi connectivity index (χ4n) is 4.29. The number of hydrogen-bond donors (Lipinski definition) is 2. The molecule has 4 rings (SSSR count). The molecule has 0 saturated carbocycles. The van der Waals surface area contributed by atoms with Gasteiger partial charge in [-0.2, -0.15) is 0 Å². The summed E-state index contributed by atoms with van der Waals surface area (Å²) in [6.07, 6.45) is 0.730. The van der Waals surface area contributed by atoms with Crippen molar-refractivity contribution in [3.63, 3.8) is 0 Å². The number of aliphatic carboxylic acids is 2. The molecule has 184 valence electrons. The normalized spacial score (nSPS) is 16.7. The predicted octanol–water partition coefficient (Wildman–Crippen LogP) is 2.04. The Kier molecular flexibility index (Phi) is 7.98. The van der Waals surface area contributed by atoms with Gasteiger partial charge in [0, 0.05) is 19.6 Å². The first-order valence-electron chi connectivity index (χ1n) is 11.1. The second kappa shape index (κ2) is 10.9. The van der Waals surface area contributed by atoms with E-state index in [1.165, 1.54) is 5.56 Å². The lowest BCUT2D eigenvalue weighted by atomic mass is 9.85. The van der Waals surface area contributed by atoms with Crippen LogP contribution in [0.15, 0.2) is 54.6 Å². The van der Waals surface area contributed by atoms with E-state index in [-0.39, 0.29) is 6.61 Å². The summed E-state index contributed by atoms with van der Waals surface area (Å²) in [4.78, 5) is 60.8. The molecule has 2 aromatic rings. The van der Waals surface area contributed by atoms with Gasteiger partial charge in [-0.15, -0.1) is 0 Å². The molecule has 0 unspecified atom stereocenters. The molecular weight excluding hydrogens is 456 g/mol. The maximum absolute atomic E-state index is 13.1. The molecule has 2 amide bonds. The topological polar surface area (TPSA) is 142 Å². The van der Waals surface area contributed by atoms with Gasteiger partial charge in [0.1, 0.15) is 0 Å². The molecule has 0 bridgehead atoms. The molecule has 2 heterocycles. The number of hydrogen-bond acceptors (Lipinski definition) is 7. The molecule has 2 N–H and O–H groups in total. The van der Waals surface area contributed by atoms with Gasteiger partial charge in [-0.3, -0.25) is 19.4 Å². The van der Waals surface area contributed by atoms with E-state index < -0.39 is 35.3 Å². The average Bonchev–Trinajstić information content (AvgIpc) is 3.11. The second-order valence-corrected chi connectivity index (χ2v) is 8.12. The van der Waals surface area contributed by atoms with Crippen LogP contribution >= 0.6 is 0 Å². The van der Waals surface area contributed by atoms with Crippen molar-refractivity contribution in [1.82, 2.24) is 9.80 Å². The first-order valence-corrected chi connectivity index (χ1v) is 11.1. The highest BCUT2D eigenvalue weighted by Crippen LogP contribution is 2.37. The van der Waals surface area contributed by atoms with E-state index in [0.717, 1.165) is 11.4 Å². The summed E-state index contributed by atoms with van der Waals surface area (Å²) >= 11 is 0. The summed E-state index contributed by atoms with van der Waals surface area (Å²) < 4.78 is 5.34. The highest BCUT2D eigenvalue weighted by atomic mass is 16.5. The lowest BCUT2D eigenvalue weighted by Gasteiger charge is -2.44. The molecule has 0 aliphatic carbocycles. The van der Waals surface area contributed by atoms with Gasteiger partial charge < -0.3 is 14.9 Å². The average molecular weight is 482 g/mol. The lowest BCUT2D eigenvalue weighted by molar-refractivity contribution is -0.159. The van der Waals surface area contributed by atoms with Crippen molar-refractivity contribution in [2.75, 3.05) is 19.7 Å². The third-order valence-corrected chi connectivity index (χ3v) is 5.99. The van der Waals surface area contributed by atoms with E-state index in [1.807, 2.05) is 18.2 Å². The fraction of sp³-hybridized carbons (Fsp3) is 0.320. The zero-order chi connectivity index (χ0) is 25.6. The zero-order valence-electron chi connectivity index (χ0n) is 19.2. The van der Waals surface area contributed by atoms with Crippen LogP contribution in [0.5, 0.6) is 0 Å². The number of rotatable bonds is 5. The smallest absolute Gasteiger partial charge is 0.414 e. The molecular formula is C25H26N2O8. The number of ether oxygens (including phenoxy) is 1. The van der Waals surface area contributed by atoms with Gasteiger partial charge in [-0.25, -0.2) is 14.4 Å². The van der Waals surface area contributed by atoms with Crippen LogP contribution in [0.3, 0.4) is 0 Å². The molecule has 2 aromatic carbocycles. The number of imide groups is 1. The Bertz CT molecular complexity index is 1080. The van der Waals surface area contributed by atoms with Crippen LogP contribution in [-0.2, 0) is 25.7 Å². The van der Waals surface area contributed by atoms with Crippen molar-refractivity contribution in [2.45, 2.75) is 31.8 Å². The number of carboxylic acid groups (broad SMARTS) is 2. The number of nitrogens with zero attached hydrogens (tertiary/aromatic N) is 2. The maximum Gasteiger partial charge on any atom is 0.414 e. The summed E-state index contributed by atoms with van der Waals surface area (Å²) in [6, 6.07) is 16.8. The Morgan fingerprint density at radius 1 is 0.857 bits per heavy atom. The number of esters is 1. The Morgan fingerprint density at radius 3 is 1.80 bits per heavy atom. The minimum Gasteiger partial charge on any atom is -0.473 e. The van der Waals surface area contributed by atoms with Crippen LogP contribution in [0.25, 0.3) is 0 Å². The van der Waals surface area contributed by atoms with Gasteiger partial charge in [0.05, 0.1) is 17.7 Å². The number of likely N-dealkylation sites (tertiary alicyclic amines) is 1. The maximum atomic E-state index is 13.1. The molecule has 2 aliphatic rings. The van der Waals surface area contributed by atoms with E-state index in [1.54, 1.807) is 31.2 Å². The summed E-state index contributed by atoms with van der Waals surface area (Å²) in [5, 5.41) is 14.8. The van der Waals surface area contributed by atoms with Crippen molar-refractivity contribution in [3.05, 3.63) is 71.3 Å². The van der Waals surface area contributed by atoms with Crippen molar-refractivity contribution in [2.24, 2.45) is 0 Å². The molecule has 0 radical (unpaired) electrons. The first-order chi connectivity index (χ1) is 16.7. The molecule has 1 saturated heterocycles. The van der Waals surface area contributed by atoms with Crippen LogP contribution in [0.4, 0.5) is 0 Å². The van der Waals surface area contributed by atoms with Crippen molar-refractivity contribution < 1.29 is 38.9 Å². The Balaban J connectivity index is 0.000000509. The van der Waals surface area contributed by atoms with Gasteiger partial charge in [0.25, 0.3) is 11.8 Å². The van der Waals surface area contributed by atoms with Crippen molar-refractivity contribution in [3.8, 4) is 0 Å². The van der Waals surface area contributed by atoms with E-state index in [4.69, 9.17) is 24.5 Å². The minimum absolute atomic E-state index is 0.206. The number of carbonyl (C=O) groups excluding carboxylic acids is 3. The predicted molar refractivity (Wildman–Crippen MR) is 123 cm³/mol. The monoisotopic (exact) mass is 482 g/mol. The third-order valence-electron chi connectivity index (χ3n) is 5.99. The molecule has 0 spiro atoms. The number of amides is 2. The molecule has 1 fully saturated rings. The van der Waals surface area contributed by atoms with E-state index in [0.29, 0.717) is 37.1 Å². The molecule has 10 heteroatoms. The van der Waals surface area contributed by atoms with Crippen LogP contribution < -0.4 is 0 Å². The minimum atomic E-state index is -1.82. The van der Waals surface area contributed by atoms with Crippen LogP contribution in [0.1, 0.15) is 46.0 Å². The molecule has 35 heavy (non-hydrogen) atoms. The Morgan fingerprint density at radius 2 is 1.34 bits per heavy atom.